The molecule has 1 fully saturated rings. The molecule has 1 aromatic heterocycles. The topological polar surface area (TPSA) is 63.2 Å². The number of carbonyl (C=O) groups excluding carboxylic acids is 1. The summed E-state index contributed by atoms with van der Waals surface area (Å²) in [6.45, 7) is 3.86. The highest BCUT2D eigenvalue weighted by Gasteiger charge is 2.23. The lowest BCUT2D eigenvalue weighted by atomic mass is 9.93. The Morgan fingerprint density at radius 3 is 2.52 bits per heavy atom. The normalized spacial score (nSPS) is 21.4. The van der Waals surface area contributed by atoms with Crippen LogP contribution in [0.4, 0.5) is 4.79 Å². The van der Waals surface area contributed by atoms with Crippen LogP contribution < -0.4 is 15.4 Å². The van der Waals surface area contributed by atoms with Gasteiger partial charge in [0.15, 0.2) is 0 Å². The molecule has 25 heavy (non-hydrogen) atoms. The van der Waals surface area contributed by atoms with E-state index in [2.05, 4.69) is 15.6 Å². The Kier molecular flexibility index (Phi) is 7.76. The van der Waals surface area contributed by atoms with E-state index >= 15 is 0 Å². The number of hydrogen-bond donors (Lipinski definition) is 2. The first kappa shape index (κ1) is 18.8. The summed E-state index contributed by atoms with van der Waals surface area (Å²) in [6.07, 6.45) is 16.8. The molecular formula is C20H27N3O2. The molecule has 0 saturated heterocycles. The van der Waals surface area contributed by atoms with Gasteiger partial charge in [-0.3, -0.25) is 4.98 Å². The maximum absolute atomic E-state index is 12.2. The molecule has 0 bridgehead atoms. The fourth-order valence-electron chi connectivity index (χ4n) is 2.81. The maximum Gasteiger partial charge on any atom is 0.319 e. The van der Waals surface area contributed by atoms with Gasteiger partial charge in [0.25, 0.3) is 0 Å². The van der Waals surface area contributed by atoms with Crippen molar-refractivity contribution in [3.8, 4) is 5.75 Å². The van der Waals surface area contributed by atoms with Gasteiger partial charge in [-0.1, -0.05) is 18.2 Å². The summed E-state index contributed by atoms with van der Waals surface area (Å²) in [5.41, 5.74) is 0.771. The summed E-state index contributed by atoms with van der Waals surface area (Å²) >= 11 is 0. The third-order valence-corrected chi connectivity index (χ3v) is 4.03. The smallest absolute Gasteiger partial charge is 0.319 e. The second-order valence-electron chi connectivity index (χ2n) is 6.02. The molecule has 0 aliphatic heterocycles. The lowest BCUT2D eigenvalue weighted by Gasteiger charge is -2.29. The fourth-order valence-corrected chi connectivity index (χ4v) is 2.81. The molecule has 1 heterocycles. The van der Waals surface area contributed by atoms with Crippen LogP contribution in [0, 0.1) is 0 Å². The van der Waals surface area contributed by atoms with E-state index in [-0.39, 0.29) is 18.2 Å². The maximum atomic E-state index is 12.2. The zero-order valence-corrected chi connectivity index (χ0v) is 14.9. The third-order valence-electron chi connectivity index (χ3n) is 4.03. The Morgan fingerprint density at radius 2 is 1.88 bits per heavy atom. The number of ether oxygens (including phenoxy) is 1. The van der Waals surface area contributed by atoms with Crippen LogP contribution in [0.25, 0.3) is 0 Å². The van der Waals surface area contributed by atoms with Gasteiger partial charge in [-0.05, 0) is 63.8 Å². The number of carbonyl (C=O) groups is 1. The molecule has 134 valence electrons. The third kappa shape index (κ3) is 6.83. The van der Waals surface area contributed by atoms with Crippen molar-refractivity contribution in [2.24, 2.45) is 0 Å². The quantitative estimate of drug-likeness (QED) is 0.766. The second-order valence-corrected chi connectivity index (χ2v) is 6.02. The van der Waals surface area contributed by atoms with Crippen LogP contribution in [0.15, 0.2) is 60.6 Å². The van der Waals surface area contributed by atoms with Crippen molar-refractivity contribution in [2.75, 3.05) is 0 Å². The Bertz CT molecular complexity index is 615. The van der Waals surface area contributed by atoms with Gasteiger partial charge in [0.1, 0.15) is 5.75 Å². The molecule has 2 amide bonds. The van der Waals surface area contributed by atoms with Gasteiger partial charge in [0, 0.05) is 24.1 Å². The van der Waals surface area contributed by atoms with Crippen molar-refractivity contribution in [3.05, 3.63) is 60.6 Å². The van der Waals surface area contributed by atoms with E-state index in [1.807, 2.05) is 56.4 Å². The number of aromatic nitrogens is 1. The van der Waals surface area contributed by atoms with Gasteiger partial charge in [-0.25, -0.2) is 4.79 Å². The first-order valence-corrected chi connectivity index (χ1v) is 8.81. The van der Waals surface area contributed by atoms with Crippen LogP contribution in [0.1, 0.15) is 39.5 Å². The van der Waals surface area contributed by atoms with Crippen molar-refractivity contribution in [2.45, 2.75) is 51.7 Å². The highest BCUT2D eigenvalue weighted by Crippen LogP contribution is 2.23. The van der Waals surface area contributed by atoms with E-state index in [9.17, 15) is 4.79 Å². The minimum atomic E-state index is -0.160. The lowest BCUT2D eigenvalue weighted by molar-refractivity contribution is 0.140. The van der Waals surface area contributed by atoms with Crippen molar-refractivity contribution >= 4 is 6.03 Å². The van der Waals surface area contributed by atoms with Crippen molar-refractivity contribution < 1.29 is 9.53 Å². The summed E-state index contributed by atoms with van der Waals surface area (Å²) < 4.78 is 5.96. The molecule has 5 heteroatoms. The summed E-state index contributed by atoms with van der Waals surface area (Å²) in [4.78, 5) is 16.2. The first-order chi connectivity index (χ1) is 12.2. The van der Waals surface area contributed by atoms with E-state index in [4.69, 9.17) is 4.74 Å². The highest BCUT2D eigenvalue weighted by molar-refractivity contribution is 5.76. The fraction of sp³-hybridized carbons (Fsp3) is 0.400. The molecule has 0 unspecified atom stereocenters. The van der Waals surface area contributed by atoms with Crippen molar-refractivity contribution in [1.29, 1.82) is 0 Å². The Hall–Kier alpha value is -2.56. The average molecular weight is 341 g/mol. The minimum Gasteiger partial charge on any atom is -0.490 e. The first-order valence-electron chi connectivity index (χ1n) is 8.81. The molecule has 0 spiro atoms. The average Bonchev–Trinajstić information content (AvgIpc) is 2.62. The second kappa shape index (κ2) is 10.3. The predicted molar refractivity (Wildman–Crippen MR) is 100 cm³/mol. The largest absolute Gasteiger partial charge is 0.490 e. The van der Waals surface area contributed by atoms with Crippen LogP contribution in [0.2, 0.25) is 0 Å². The summed E-state index contributed by atoms with van der Waals surface area (Å²) in [7, 11) is 0. The number of amides is 2. The monoisotopic (exact) mass is 341 g/mol. The van der Waals surface area contributed by atoms with Gasteiger partial charge in [-0.15, -0.1) is 0 Å². The SMILES string of the molecule is C\C=C/C=C(\C=C/C)NC(=O)NC1CCC(Oc2ccncc2)CC1. The van der Waals surface area contributed by atoms with Gasteiger partial charge >= 0.3 is 6.03 Å². The van der Waals surface area contributed by atoms with Crippen LogP contribution in [-0.4, -0.2) is 23.2 Å². The van der Waals surface area contributed by atoms with Crippen LogP contribution in [-0.2, 0) is 0 Å². The summed E-state index contributed by atoms with van der Waals surface area (Å²) in [5, 5.41) is 5.94. The Morgan fingerprint density at radius 1 is 1.16 bits per heavy atom. The zero-order valence-electron chi connectivity index (χ0n) is 14.9. The molecule has 1 saturated carbocycles. The van der Waals surface area contributed by atoms with Gasteiger partial charge in [-0.2, -0.15) is 0 Å². The molecule has 0 aromatic carbocycles. The van der Waals surface area contributed by atoms with Crippen LogP contribution in [0.3, 0.4) is 0 Å². The molecule has 2 rings (SSSR count). The molecule has 0 atom stereocenters. The van der Waals surface area contributed by atoms with Crippen molar-refractivity contribution in [1.82, 2.24) is 15.6 Å². The molecule has 5 nitrogen and oxygen atoms in total. The number of pyridine rings is 1. The number of nitrogens with zero attached hydrogens (tertiary/aromatic N) is 1. The molecular weight excluding hydrogens is 314 g/mol. The van der Waals surface area contributed by atoms with Gasteiger partial charge in [0.2, 0.25) is 0 Å². The molecule has 0 radical (unpaired) electrons. The summed E-state index contributed by atoms with van der Waals surface area (Å²) in [5.74, 6) is 0.856. The zero-order chi connectivity index (χ0) is 17.9. The number of nitrogens with one attached hydrogen (secondary N) is 2. The predicted octanol–water partition coefficient (Wildman–Crippen LogP) is 4.11. The highest BCUT2D eigenvalue weighted by atomic mass is 16.5. The van der Waals surface area contributed by atoms with E-state index in [0.29, 0.717) is 0 Å². The van der Waals surface area contributed by atoms with Crippen LogP contribution >= 0.6 is 0 Å². The van der Waals surface area contributed by atoms with Gasteiger partial charge in [0.05, 0.1) is 6.10 Å². The molecule has 2 N–H and O–H groups in total. The number of rotatable bonds is 6. The Balaban J connectivity index is 1.76. The number of allylic oxidation sites excluding steroid dienone is 5. The van der Waals surface area contributed by atoms with E-state index in [0.717, 1.165) is 37.1 Å². The minimum absolute atomic E-state index is 0.160. The number of urea groups is 1. The van der Waals surface area contributed by atoms with Gasteiger partial charge < -0.3 is 15.4 Å². The molecule has 1 aromatic rings. The molecule has 1 aliphatic rings. The molecule has 1 aliphatic carbocycles. The van der Waals surface area contributed by atoms with E-state index in [1.165, 1.54) is 0 Å². The van der Waals surface area contributed by atoms with Crippen LogP contribution in [0.5, 0.6) is 5.75 Å². The van der Waals surface area contributed by atoms with Crippen molar-refractivity contribution in [3.63, 3.8) is 0 Å². The van der Waals surface area contributed by atoms with E-state index < -0.39 is 0 Å². The standard InChI is InChI=1S/C20H27N3O2/c1-3-5-7-16(6-4-2)22-20(24)23-17-8-10-18(11-9-17)25-19-12-14-21-15-13-19/h3-7,12-15,17-18H,8-11H2,1-2H3,(H2,22,23,24)/b5-3-,6-4-,16-7+. The Labute approximate surface area is 149 Å². The van der Waals surface area contributed by atoms with E-state index in [1.54, 1.807) is 12.4 Å². The number of hydrogen-bond acceptors (Lipinski definition) is 3. The summed E-state index contributed by atoms with van der Waals surface area (Å²) in [6, 6.07) is 3.77. The lowest BCUT2D eigenvalue weighted by Crippen LogP contribution is -2.44.